The van der Waals surface area contributed by atoms with Crippen LogP contribution < -0.4 is 15.5 Å². The first-order valence-corrected chi connectivity index (χ1v) is 17.1. The smallest absolute Gasteiger partial charge is 0.295 e. The molecule has 4 N–H and O–H groups in total. The standard InChI is InChI=1S/C36H41FN4O6S/c1-4-25-20-30(26-12-15-29(37)16-13-26)31(42)21-32(25)47-19-9-5-8-18-36(2,3)24-39-35(43)28-14-17-34(38-22-28)41-40-23-27-10-6-7-11-33(27)48(44,45)46/h6-7,10-17,20-23,42H,4-5,8-9,18-19,24H2,1-3H3,(H,38,41)(H,39,43)(H,44,45,46)/b40-23+. The molecule has 48 heavy (non-hydrogen) atoms. The van der Waals surface area contributed by atoms with Gasteiger partial charge in [0, 0.05) is 29.9 Å². The Morgan fingerprint density at radius 1 is 1.04 bits per heavy atom. The molecule has 0 spiro atoms. The van der Waals surface area contributed by atoms with Gasteiger partial charge >= 0.3 is 0 Å². The number of ether oxygens (including phenoxy) is 1. The monoisotopic (exact) mass is 676 g/mol. The molecule has 4 rings (SSSR count). The quantitative estimate of drug-likeness (QED) is 0.0420. The molecule has 1 aromatic heterocycles. The van der Waals surface area contributed by atoms with Crippen LogP contribution in [0.2, 0.25) is 0 Å². The Morgan fingerprint density at radius 2 is 1.79 bits per heavy atom. The van der Waals surface area contributed by atoms with E-state index >= 15 is 0 Å². The normalized spacial score (nSPS) is 11.9. The number of nitrogens with zero attached hydrogens (tertiary/aromatic N) is 2. The van der Waals surface area contributed by atoms with E-state index in [0.717, 1.165) is 43.2 Å². The molecule has 0 aliphatic rings. The molecule has 0 fully saturated rings. The number of carbonyl (C=O) groups excluding carboxylic acids is 1. The molecule has 4 aromatic rings. The van der Waals surface area contributed by atoms with Gasteiger partial charge in [-0.1, -0.05) is 63.9 Å². The van der Waals surface area contributed by atoms with Crippen LogP contribution in [0.25, 0.3) is 11.1 Å². The number of aromatic hydroxyl groups is 1. The Balaban J connectivity index is 1.18. The SMILES string of the molecule is CCc1cc(-c2ccc(F)cc2)c(O)cc1OCCCCCC(C)(C)CNC(=O)c1ccc(N/N=C/c2ccccc2S(=O)(=O)O)nc1. The van der Waals surface area contributed by atoms with Crippen molar-refractivity contribution < 1.29 is 32.0 Å². The minimum Gasteiger partial charge on any atom is -0.507 e. The van der Waals surface area contributed by atoms with Crippen molar-refractivity contribution in [2.45, 2.75) is 57.8 Å². The Morgan fingerprint density at radius 3 is 2.48 bits per heavy atom. The molecule has 1 heterocycles. The molecule has 0 saturated carbocycles. The number of unbranched alkanes of at least 4 members (excludes halogenated alkanes) is 2. The van der Waals surface area contributed by atoms with Gasteiger partial charge in [-0.2, -0.15) is 13.5 Å². The lowest BCUT2D eigenvalue weighted by Gasteiger charge is -2.25. The molecule has 0 bridgehead atoms. The summed E-state index contributed by atoms with van der Waals surface area (Å²) in [6.45, 7) is 7.23. The van der Waals surface area contributed by atoms with E-state index in [4.69, 9.17) is 4.74 Å². The van der Waals surface area contributed by atoms with Crippen LogP contribution in [0.15, 0.2) is 89.0 Å². The number of benzene rings is 3. The number of rotatable bonds is 16. The highest BCUT2D eigenvalue weighted by Gasteiger charge is 2.19. The van der Waals surface area contributed by atoms with E-state index in [1.807, 2.05) is 13.0 Å². The Hall–Kier alpha value is -4.81. The van der Waals surface area contributed by atoms with Gasteiger partial charge in [-0.25, -0.2) is 9.37 Å². The van der Waals surface area contributed by atoms with Crippen molar-refractivity contribution in [3.63, 3.8) is 0 Å². The molecule has 254 valence electrons. The zero-order valence-corrected chi connectivity index (χ0v) is 28.1. The maximum atomic E-state index is 13.3. The minimum absolute atomic E-state index is 0.0909. The van der Waals surface area contributed by atoms with E-state index in [-0.39, 0.29) is 33.3 Å². The van der Waals surface area contributed by atoms with Crippen LogP contribution in [0, 0.1) is 11.2 Å². The Bertz CT molecular complexity index is 1830. The predicted octanol–water partition coefficient (Wildman–Crippen LogP) is 7.24. The number of anilines is 1. The van der Waals surface area contributed by atoms with Gasteiger partial charge in [-0.05, 0) is 72.2 Å². The zero-order valence-electron chi connectivity index (χ0n) is 27.2. The minimum atomic E-state index is -4.39. The molecule has 0 aliphatic carbocycles. The summed E-state index contributed by atoms with van der Waals surface area (Å²) in [5.74, 6) is 0.514. The molecule has 1 amide bonds. The van der Waals surface area contributed by atoms with Crippen molar-refractivity contribution in [3.8, 4) is 22.6 Å². The first-order valence-electron chi connectivity index (χ1n) is 15.7. The topological polar surface area (TPSA) is 150 Å². The van der Waals surface area contributed by atoms with Crippen molar-refractivity contribution in [1.82, 2.24) is 10.3 Å². The summed E-state index contributed by atoms with van der Waals surface area (Å²) in [4.78, 5) is 16.7. The third kappa shape index (κ3) is 10.3. The molecule has 0 radical (unpaired) electrons. The highest BCUT2D eigenvalue weighted by Crippen LogP contribution is 2.36. The third-order valence-electron chi connectivity index (χ3n) is 7.80. The summed E-state index contributed by atoms with van der Waals surface area (Å²) in [5.41, 5.74) is 5.50. The van der Waals surface area contributed by atoms with Gasteiger partial charge in [-0.15, -0.1) is 0 Å². The summed E-state index contributed by atoms with van der Waals surface area (Å²) in [6.07, 6.45) is 7.05. The first kappa shape index (κ1) is 36.0. The number of amides is 1. The molecular formula is C36H41FN4O6S. The van der Waals surface area contributed by atoms with Crippen LogP contribution in [0.5, 0.6) is 11.5 Å². The molecule has 0 atom stereocenters. The average molecular weight is 677 g/mol. The summed E-state index contributed by atoms with van der Waals surface area (Å²) >= 11 is 0. The molecule has 3 aromatic carbocycles. The second kappa shape index (κ2) is 16.3. The maximum Gasteiger partial charge on any atom is 0.295 e. The van der Waals surface area contributed by atoms with E-state index in [1.54, 1.807) is 36.4 Å². The van der Waals surface area contributed by atoms with Crippen LogP contribution in [0.4, 0.5) is 10.2 Å². The van der Waals surface area contributed by atoms with Crippen molar-refractivity contribution in [2.24, 2.45) is 10.5 Å². The fraction of sp³-hybridized carbons (Fsp3) is 0.306. The van der Waals surface area contributed by atoms with Crippen molar-refractivity contribution in [1.29, 1.82) is 0 Å². The van der Waals surface area contributed by atoms with E-state index in [9.17, 15) is 27.3 Å². The largest absolute Gasteiger partial charge is 0.507 e. The lowest BCUT2D eigenvalue weighted by molar-refractivity contribution is 0.0933. The number of pyridine rings is 1. The highest BCUT2D eigenvalue weighted by atomic mass is 32.2. The summed E-state index contributed by atoms with van der Waals surface area (Å²) in [7, 11) is -4.39. The number of carbonyl (C=O) groups is 1. The van der Waals surface area contributed by atoms with Gasteiger partial charge in [-0.3, -0.25) is 14.8 Å². The van der Waals surface area contributed by atoms with Crippen LogP contribution in [0.3, 0.4) is 0 Å². The maximum absolute atomic E-state index is 13.3. The van der Waals surface area contributed by atoms with Crippen LogP contribution in [-0.4, -0.2) is 48.3 Å². The second-order valence-corrected chi connectivity index (χ2v) is 13.5. The Labute approximate surface area is 280 Å². The predicted molar refractivity (Wildman–Crippen MR) is 185 cm³/mol. The van der Waals surface area contributed by atoms with Crippen molar-refractivity contribution in [3.05, 3.63) is 102 Å². The summed E-state index contributed by atoms with van der Waals surface area (Å²) in [6, 6.07) is 18.6. The van der Waals surface area contributed by atoms with E-state index < -0.39 is 10.1 Å². The van der Waals surface area contributed by atoms with Crippen LogP contribution >= 0.6 is 0 Å². The number of hydrogen-bond donors (Lipinski definition) is 4. The first-order chi connectivity index (χ1) is 22.9. The van der Waals surface area contributed by atoms with Gasteiger partial charge in [0.15, 0.2) is 0 Å². The van der Waals surface area contributed by atoms with Crippen LogP contribution in [-0.2, 0) is 16.5 Å². The van der Waals surface area contributed by atoms with Gasteiger partial charge in [0.2, 0.25) is 0 Å². The Kier molecular flexibility index (Phi) is 12.3. The van der Waals surface area contributed by atoms with Gasteiger partial charge in [0.05, 0.1) is 18.4 Å². The lowest BCUT2D eigenvalue weighted by atomic mass is 9.87. The van der Waals surface area contributed by atoms with Gasteiger partial charge < -0.3 is 15.2 Å². The number of hydrazone groups is 1. The number of halogens is 1. The number of phenolic OH excluding ortho intramolecular Hbond substituents is 1. The van der Waals surface area contributed by atoms with E-state index in [2.05, 4.69) is 34.7 Å². The highest BCUT2D eigenvalue weighted by molar-refractivity contribution is 7.86. The zero-order chi connectivity index (χ0) is 34.7. The fourth-order valence-electron chi connectivity index (χ4n) is 5.04. The van der Waals surface area contributed by atoms with Crippen molar-refractivity contribution >= 4 is 28.1 Å². The van der Waals surface area contributed by atoms with Crippen molar-refractivity contribution in [2.75, 3.05) is 18.6 Å². The van der Waals surface area contributed by atoms with Gasteiger partial charge in [0.1, 0.15) is 28.0 Å². The fourth-order valence-corrected chi connectivity index (χ4v) is 5.71. The number of aromatic nitrogens is 1. The number of aryl methyl sites for hydroxylation is 1. The molecule has 0 saturated heterocycles. The number of nitrogens with one attached hydrogen (secondary N) is 2. The lowest BCUT2D eigenvalue weighted by Crippen LogP contribution is -2.34. The molecular weight excluding hydrogens is 635 g/mol. The van der Waals surface area contributed by atoms with E-state index in [1.165, 1.54) is 42.7 Å². The molecule has 0 unspecified atom stereocenters. The molecule has 12 heteroatoms. The average Bonchev–Trinajstić information content (AvgIpc) is 3.06. The summed E-state index contributed by atoms with van der Waals surface area (Å²) < 4.78 is 51.7. The number of phenols is 1. The number of hydrogen-bond acceptors (Lipinski definition) is 8. The van der Waals surface area contributed by atoms with Crippen LogP contribution in [0.1, 0.15) is 67.9 Å². The summed E-state index contributed by atoms with van der Waals surface area (Å²) in [5, 5.41) is 17.6. The van der Waals surface area contributed by atoms with E-state index in [0.29, 0.717) is 35.8 Å². The van der Waals surface area contributed by atoms with Gasteiger partial charge in [0.25, 0.3) is 16.0 Å². The molecule has 10 nitrogen and oxygen atoms in total. The third-order valence-corrected chi connectivity index (χ3v) is 8.73. The molecule has 0 aliphatic heterocycles. The second-order valence-electron chi connectivity index (χ2n) is 12.2.